The van der Waals surface area contributed by atoms with E-state index in [4.69, 9.17) is 11.6 Å². The van der Waals surface area contributed by atoms with Crippen LogP contribution in [0.15, 0.2) is 48.5 Å². The van der Waals surface area contributed by atoms with E-state index in [0.717, 1.165) is 31.4 Å². The lowest BCUT2D eigenvalue weighted by Gasteiger charge is -2.27. The molecule has 3 heterocycles. The van der Waals surface area contributed by atoms with Crippen molar-refractivity contribution in [1.29, 1.82) is 0 Å². The standard InChI is InChI=1S/C24H23ClN2O3/c1-2-14-5-11-17(12-6-14)27-23(29)19-18-4-3-13-26(18)21(20(19)24(27)30)22(28)15-7-9-16(25)10-8-15/h5-12,18-21H,2-4,13H2,1H3/t18-,19+,20-,21+/m1/s1. The molecule has 0 saturated carbocycles. The van der Waals surface area contributed by atoms with E-state index < -0.39 is 17.9 Å². The number of halogens is 1. The van der Waals surface area contributed by atoms with Gasteiger partial charge >= 0.3 is 0 Å². The van der Waals surface area contributed by atoms with Gasteiger partial charge in [-0.05, 0) is 67.8 Å². The predicted molar refractivity (Wildman–Crippen MR) is 115 cm³/mol. The van der Waals surface area contributed by atoms with Crippen molar-refractivity contribution in [2.75, 3.05) is 11.4 Å². The number of ketones is 1. The van der Waals surface area contributed by atoms with E-state index in [1.165, 1.54) is 4.90 Å². The van der Waals surface area contributed by atoms with Crippen molar-refractivity contribution in [3.05, 3.63) is 64.7 Å². The quantitative estimate of drug-likeness (QED) is 0.556. The molecule has 6 heteroatoms. The molecule has 0 spiro atoms. The second-order valence-corrected chi connectivity index (χ2v) is 8.78. The minimum Gasteiger partial charge on any atom is -0.292 e. The van der Waals surface area contributed by atoms with Crippen LogP contribution in [0.5, 0.6) is 0 Å². The topological polar surface area (TPSA) is 57.7 Å². The van der Waals surface area contributed by atoms with Gasteiger partial charge in [0.2, 0.25) is 11.8 Å². The Morgan fingerprint density at radius 2 is 1.67 bits per heavy atom. The van der Waals surface area contributed by atoms with E-state index in [1.54, 1.807) is 24.3 Å². The van der Waals surface area contributed by atoms with Crippen LogP contribution in [-0.4, -0.2) is 41.1 Å². The summed E-state index contributed by atoms with van der Waals surface area (Å²) in [6, 6.07) is 13.7. The van der Waals surface area contributed by atoms with E-state index in [0.29, 0.717) is 16.3 Å². The minimum absolute atomic E-state index is 0.0485. The van der Waals surface area contributed by atoms with Gasteiger partial charge in [0.15, 0.2) is 5.78 Å². The summed E-state index contributed by atoms with van der Waals surface area (Å²) in [6.45, 7) is 2.81. The highest BCUT2D eigenvalue weighted by atomic mass is 35.5. The SMILES string of the molecule is CCc1ccc(N2C(=O)[C@@H]3[C@@H](C2=O)[C@@H](C(=O)c2ccc(Cl)cc2)N2CCC[C@H]32)cc1. The first kappa shape index (κ1) is 19.5. The monoisotopic (exact) mass is 422 g/mol. The predicted octanol–water partition coefficient (Wildman–Crippen LogP) is 3.74. The molecule has 3 saturated heterocycles. The summed E-state index contributed by atoms with van der Waals surface area (Å²) in [7, 11) is 0. The Hall–Kier alpha value is -2.50. The molecule has 0 bridgehead atoms. The number of carbonyl (C=O) groups excluding carboxylic acids is 3. The van der Waals surface area contributed by atoms with E-state index >= 15 is 0 Å². The summed E-state index contributed by atoms with van der Waals surface area (Å²) in [4.78, 5) is 43.7. The fourth-order valence-electron chi connectivity index (χ4n) is 5.44. The number of fused-ring (bicyclic) bond motifs is 3. The number of benzene rings is 2. The van der Waals surface area contributed by atoms with Gasteiger partial charge in [0.05, 0.1) is 23.6 Å². The zero-order valence-corrected chi connectivity index (χ0v) is 17.5. The maximum absolute atomic E-state index is 13.5. The van der Waals surface area contributed by atoms with Crippen molar-refractivity contribution in [2.45, 2.75) is 38.3 Å². The maximum Gasteiger partial charge on any atom is 0.239 e. The smallest absolute Gasteiger partial charge is 0.239 e. The lowest BCUT2D eigenvalue weighted by Crippen LogP contribution is -2.46. The van der Waals surface area contributed by atoms with Gasteiger partial charge in [0.25, 0.3) is 0 Å². The number of amides is 2. The number of hydrogen-bond acceptors (Lipinski definition) is 4. The molecule has 0 aliphatic carbocycles. The molecular formula is C24H23ClN2O3. The Morgan fingerprint density at radius 1 is 1.00 bits per heavy atom. The van der Waals surface area contributed by atoms with Crippen LogP contribution in [0.2, 0.25) is 5.02 Å². The van der Waals surface area contributed by atoms with Gasteiger partial charge in [0, 0.05) is 16.6 Å². The number of hydrogen-bond donors (Lipinski definition) is 0. The van der Waals surface area contributed by atoms with Crippen LogP contribution >= 0.6 is 11.6 Å². The van der Waals surface area contributed by atoms with Crippen LogP contribution in [0.25, 0.3) is 0 Å². The molecular weight excluding hydrogens is 400 g/mol. The largest absolute Gasteiger partial charge is 0.292 e. The van der Waals surface area contributed by atoms with E-state index in [2.05, 4.69) is 11.8 Å². The van der Waals surface area contributed by atoms with Gasteiger partial charge in [0.1, 0.15) is 0 Å². The average molecular weight is 423 g/mol. The van der Waals surface area contributed by atoms with Crippen LogP contribution in [0.4, 0.5) is 5.69 Å². The van der Waals surface area contributed by atoms with Gasteiger partial charge < -0.3 is 0 Å². The highest BCUT2D eigenvalue weighted by Crippen LogP contribution is 2.48. The molecule has 0 N–H and O–H groups in total. The number of Topliss-reactive ketones (excluding diaryl/α,β-unsaturated/α-hetero) is 1. The van der Waals surface area contributed by atoms with Gasteiger partial charge in [-0.2, -0.15) is 0 Å². The third kappa shape index (κ3) is 2.83. The Kier molecular flexibility index (Phi) is 4.75. The minimum atomic E-state index is -0.628. The van der Waals surface area contributed by atoms with E-state index in [-0.39, 0.29) is 23.6 Å². The molecule has 2 amide bonds. The molecule has 5 rings (SSSR count). The Balaban J connectivity index is 1.52. The molecule has 4 atom stereocenters. The first-order valence-electron chi connectivity index (χ1n) is 10.5. The van der Waals surface area contributed by atoms with Gasteiger partial charge in [-0.3, -0.25) is 19.3 Å². The molecule has 30 heavy (non-hydrogen) atoms. The van der Waals surface area contributed by atoms with E-state index in [1.807, 2.05) is 24.3 Å². The first-order valence-corrected chi connectivity index (χ1v) is 10.9. The summed E-state index contributed by atoms with van der Waals surface area (Å²) in [5.74, 6) is -1.60. The third-order valence-corrected chi connectivity index (χ3v) is 7.10. The Labute approximate surface area is 180 Å². The number of anilines is 1. The molecule has 154 valence electrons. The zero-order valence-electron chi connectivity index (χ0n) is 16.8. The zero-order chi connectivity index (χ0) is 21.0. The molecule has 0 unspecified atom stereocenters. The van der Waals surface area contributed by atoms with Crippen molar-refractivity contribution in [1.82, 2.24) is 4.90 Å². The van der Waals surface area contributed by atoms with Crippen LogP contribution in [-0.2, 0) is 16.0 Å². The highest BCUT2D eigenvalue weighted by Gasteiger charge is 2.64. The summed E-state index contributed by atoms with van der Waals surface area (Å²) in [6.07, 6.45) is 2.67. The summed E-state index contributed by atoms with van der Waals surface area (Å²) in [5.41, 5.74) is 2.27. The normalized spacial score (nSPS) is 28.1. The molecule has 0 aromatic heterocycles. The van der Waals surface area contributed by atoms with Crippen molar-refractivity contribution < 1.29 is 14.4 Å². The summed E-state index contributed by atoms with van der Waals surface area (Å²) < 4.78 is 0. The summed E-state index contributed by atoms with van der Waals surface area (Å²) >= 11 is 5.98. The molecule has 0 radical (unpaired) electrons. The van der Waals surface area contributed by atoms with Crippen LogP contribution in [0.1, 0.15) is 35.7 Å². The second kappa shape index (κ2) is 7.33. The molecule has 2 aromatic rings. The number of rotatable bonds is 4. The second-order valence-electron chi connectivity index (χ2n) is 8.35. The third-order valence-electron chi connectivity index (χ3n) is 6.85. The maximum atomic E-state index is 13.5. The molecule has 2 aromatic carbocycles. The van der Waals surface area contributed by atoms with Crippen molar-refractivity contribution in [2.24, 2.45) is 11.8 Å². The number of imide groups is 1. The lowest BCUT2D eigenvalue weighted by atomic mass is 9.85. The van der Waals surface area contributed by atoms with Gasteiger partial charge in [-0.1, -0.05) is 30.7 Å². The van der Waals surface area contributed by atoms with Gasteiger partial charge in [-0.15, -0.1) is 0 Å². The average Bonchev–Trinajstić information content (AvgIpc) is 3.40. The van der Waals surface area contributed by atoms with Crippen molar-refractivity contribution in [3.63, 3.8) is 0 Å². The van der Waals surface area contributed by atoms with Crippen molar-refractivity contribution >= 4 is 34.9 Å². The Morgan fingerprint density at radius 3 is 2.33 bits per heavy atom. The molecule has 5 nitrogen and oxygen atoms in total. The lowest BCUT2D eigenvalue weighted by molar-refractivity contribution is -0.123. The summed E-state index contributed by atoms with van der Waals surface area (Å²) in [5, 5.41) is 0.559. The van der Waals surface area contributed by atoms with Crippen LogP contribution < -0.4 is 4.90 Å². The van der Waals surface area contributed by atoms with Crippen molar-refractivity contribution in [3.8, 4) is 0 Å². The highest BCUT2D eigenvalue weighted by molar-refractivity contribution is 6.30. The van der Waals surface area contributed by atoms with Crippen LogP contribution in [0, 0.1) is 11.8 Å². The van der Waals surface area contributed by atoms with Gasteiger partial charge in [-0.25, -0.2) is 4.90 Å². The van der Waals surface area contributed by atoms with E-state index in [9.17, 15) is 14.4 Å². The molecule has 3 aliphatic heterocycles. The number of carbonyl (C=O) groups is 3. The Bertz CT molecular complexity index is 1020. The fourth-order valence-corrected chi connectivity index (χ4v) is 5.56. The molecule has 3 aliphatic rings. The number of nitrogens with zero attached hydrogens (tertiary/aromatic N) is 2. The van der Waals surface area contributed by atoms with Crippen LogP contribution in [0.3, 0.4) is 0 Å². The fraction of sp³-hybridized carbons (Fsp3) is 0.375. The first-order chi connectivity index (χ1) is 14.5. The molecule has 3 fully saturated rings. The number of aryl methyl sites for hydroxylation is 1.